The Morgan fingerprint density at radius 3 is 1.92 bits per heavy atom. The van der Waals surface area contributed by atoms with E-state index in [0.717, 1.165) is 0 Å². The van der Waals surface area contributed by atoms with Crippen LogP contribution in [-0.2, 0) is 0 Å². The number of nitrogens with one attached hydrogen (secondary N) is 1. The molecule has 0 spiro atoms. The SMILES string of the molecule is CC(C)O.CCCC[C@@H](C)NC. The standard InChI is InChI=1S/C7H17N.C3H8O/c1-4-5-6-7(2)8-3;1-3(2)4/h7-8H,4-6H2,1-3H3;3-4H,1-2H3/t7-;/m1./s1. The fourth-order valence-electron chi connectivity index (χ4n) is 0.655. The molecule has 2 nitrogen and oxygen atoms in total. The molecular formula is C10H25NO. The maximum absolute atomic E-state index is 8.06. The smallest absolute Gasteiger partial charge is 0.0483 e. The van der Waals surface area contributed by atoms with E-state index in [1.807, 2.05) is 7.05 Å². The molecule has 0 aliphatic carbocycles. The first-order chi connectivity index (χ1) is 5.54. The second kappa shape index (κ2) is 10.9. The van der Waals surface area contributed by atoms with Crippen molar-refractivity contribution in [3.63, 3.8) is 0 Å². The third kappa shape index (κ3) is 22.5. The molecule has 76 valence electrons. The van der Waals surface area contributed by atoms with Crippen LogP contribution in [0, 0.1) is 0 Å². The maximum Gasteiger partial charge on any atom is 0.0483 e. The molecule has 0 unspecified atom stereocenters. The zero-order valence-electron chi connectivity index (χ0n) is 9.22. The number of hydrogen-bond donors (Lipinski definition) is 2. The van der Waals surface area contributed by atoms with Crippen molar-refractivity contribution in [3.05, 3.63) is 0 Å². The van der Waals surface area contributed by atoms with Crippen LogP contribution >= 0.6 is 0 Å². The van der Waals surface area contributed by atoms with Crippen LogP contribution in [0.5, 0.6) is 0 Å². The Bertz CT molecular complexity index is 71.5. The van der Waals surface area contributed by atoms with Crippen molar-refractivity contribution in [3.8, 4) is 0 Å². The van der Waals surface area contributed by atoms with Gasteiger partial charge in [0.15, 0.2) is 0 Å². The minimum atomic E-state index is -0.167. The van der Waals surface area contributed by atoms with Crippen molar-refractivity contribution >= 4 is 0 Å². The van der Waals surface area contributed by atoms with E-state index in [0.29, 0.717) is 6.04 Å². The third-order valence-corrected chi connectivity index (χ3v) is 1.48. The largest absolute Gasteiger partial charge is 0.394 e. The van der Waals surface area contributed by atoms with Gasteiger partial charge in [0.1, 0.15) is 0 Å². The van der Waals surface area contributed by atoms with Crippen molar-refractivity contribution in [1.82, 2.24) is 5.32 Å². The zero-order chi connectivity index (χ0) is 9.98. The number of rotatable bonds is 4. The summed E-state index contributed by atoms with van der Waals surface area (Å²) in [5.74, 6) is 0. The van der Waals surface area contributed by atoms with Gasteiger partial charge in [-0.25, -0.2) is 0 Å². The first-order valence-electron chi connectivity index (χ1n) is 4.89. The first kappa shape index (κ1) is 14.4. The first-order valence-corrected chi connectivity index (χ1v) is 4.89. The molecule has 0 saturated heterocycles. The molecule has 0 amide bonds. The van der Waals surface area contributed by atoms with E-state index in [-0.39, 0.29) is 6.10 Å². The Morgan fingerprint density at radius 2 is 1.67 bits per heavy atom. The molecule has 0 bridgehead atoms. The summed E-state index contributed by atoms with van der Waals surface area (Å²) in [5.41, 5.74) is 0. The van der Waals surface area contributed by atoms with E-state index < -0.39 is 0 Å². The fourth-order valence-corrected chi connectivity index (χ4v) is 0.655. The van der Waals surface area contributed by atoms with Crippen LogP contribution in [0.25, 0.3) is 0 Å². The molecule has 0 fully saturated rings. The lowest BCUT2D eigenvalue weighted by molar-refractivity contribution is 0.216. The number of unbranched alkanes of at least 4 members (excludes halogenated alkanes) is 1. The fraction of sp³-hybridized carbons (Fsp3) is 1.00. The Labute approximate surface area is 77.4 Å². The summed E-state index contributed by atoms with van der Waals surface area (Å²) in [6.07, 6.45) is 3.81. The van der Waals surface area contributed by atoms with Crippen LogP contribution in [-0.4, -0.2) is 24.3 Å². The summed E-state index contributed by atoms with van der Waals surface area (Å²) in [5, 5.41) is 11.3. The van der Waals surface area contributed by atoms with Gasteiger partial charge in [0.05, 0.1) is 0 Å². The van der Waals surface area contributed by atoms with E-state index in [2.05, 4.69) is 19.2 Å². The number of hydrogen-bond acceptors (Lipinski definition) is 2. The second-order valence-corrected chi connectivity index (χ2v) is 3.43. The third-order valence-electron chi connectivity index (χ3n) is 1.48. The zero-order valence-corrected chi connectivity index (χ0v) is 9.22. The summed E-state index contributed by atoms with van der Waals surface area (Å²) in [6, 6.07) is 0.704. The molecular weight excluding hydrogens is 150 g/mol. The van der Waals surface area contributed by atoms with Crippen molar-refractivity contribution in [2.75, 3.05) is 7.05 Å². The van der Waals surface area contributed by atoms with Crippen LogP contribution in [0.2, 0.25) is 0 Å². The van der Waals surface area contributed by atoms with Gasteiger partial charge in [-0.3, -0.25) is 0 Å². The number of aliphatic hydroxyl groups excluding tert-OH is 1. The van der Waals surface area contributed by atoms with Gasteiger partial charge in [0.25, 0.3) is 0 Å². The van der Waals surface area contributed by atoms with Crippen LogP contribution < -0.4 is 5.32 Å². The summed E-state index contributed by atoms with van der Waals surface area (Å²) in [7, 11) is 2.01. The molecule has 12 heavy (non-hydrogen) atoms. The van der Waals surface area contributed by atoms with E-state index in [4.69, 9.17) is 5.11 Å². The molecule has 2 N–H and O–H groups in total. The van der Waals surface area contributed by atoms with E-state index >= 15 is 0 Å². The van der Waals surface area contributed by atoms with Gasteiger partial charge in [-0.2, -0.15) is 0 Å². The van der Waals surface area contributed by atoms with Gasteiger partial charge < -0.3 is 10.4 Å². The highest BCUT2D eigenvalue weighted by molar-refractivity contribution is 4.54. The minimum Gasteiger partial charge on any atom is -0.394 e. The molecule has 2 heteroatoms. The second-order valence-electron chi connectivity index (χ2n) is 3.43. The van der Waals surface area contributed by atoms with Gasteiger partial charge in [0.2, 0.25) is 0 Å². The van der Waals surface area contributed by atoms with E-state index in [9.17, 15) is 0 Å². The predicted molar refractivity (Wildman–Crippen MR) is 55.4 cm³/mol. The lowest BCUT2D eigenvalue weighted by Gasteiger charge is -2.06. The molecule has 0 rings (SSSR count). The van der Waals surface area contributed by atoms with Crippen molar-refractivity contribution in [1.29, 1.82) is 0 Å². The van der Waals surface area contributed by atoms with Crippen LogP contribution in [0.15, 0.2) is 0 Å². The highest BCUT2D eigenvalue weighted by atomic mass is 16.3. The average molecular weight is 175 g/mol. The summed E-state index contributed by atoms with van der Waals surface area (Å²) in [6.45, 7) is 7.89. The van der Waals surface area contributed by atoms with Crippen LogP contribution in [0.3, 0.4) is 0 Å². The predicted octanol–water partition coefficient (Wildman–Crippen LogP) is 2.17. The highest BCUT2D eigenvalue weighted by Gasteiger charge is 1.93. The maximum atomic E-state index is 8.06. The van der Waals surface area contributed by atoms with Gasteiger partial charge >= 0.3 is 0 Å². The molecule has 0 aromatic carbocycles. The Balaban J connectivity index is 0. The molecule has 0 saturated carbocycles. The summed E-state index contributed by atoms with van der Waals surface area (Å²) < 4.78 is 0. The van der Waals surface area contributed by atoms with Crippen LogP contribution in [0.4, 0.5) is 0 Å². The van der Waals surface area contributed by atoms with E-state index in [1.54, 1.807) is 13.8 Å². The lowest BCUT2D eigenvalue weighted by Crippen LogP contribution is -2.20. The Hall–Kier alpha value is -0.0800. The molecule has 0 radical (unpaired) electrons. The molecule has 0 aromatic rings. The Kier molecular flexibility index (Phi) is 13.1. The number of aliphatic hydroxyl groups is 1. The van der Waals surface area contributed by atoms with Crippen LogP contribution in [0.1, 0.15) is 47.0 Å². The minimum absolute atomic E-state index is 0.167. The van der Waals surface area contributed by atoms with Crippen molar-refractivity contribution < 1.29 is 5.11 Å². The van der Waals surface area contributed by atoms with E-state index in [1.165, 1.54) is 19.3 Å². The molecule has 0 heterocycles. The normalized spacial score (nSPS) is 12.2. The average Bonchev–Trinajstić information content (AvgIpc) is 1.99. The van der Waals surface area contributed by atoms with Crippen molar-refractivity contribution in [2.45, 2.75) is 59.1 Å². The van der Waals surface area contributed by atoms with Gasteiger partial charge in [-0.05, 0) is 34.2 Å². The summed E-state index contributed by atoms with van der Waals surface area (Å²) >= 11 is 0. The molecule has 1 atom stereocenters. The molecule has 0 aliphatic heterocycles. The molecule has 0 aromatic heterocycles. The molecule has 0 aliphatic rings. The summed E-state index contributed by atoms with van der Waals surface area (Å²) in [4.78, 5) is 0. The van der Waals surface area contributed by atoms with Gasteiger partial charge in [-0.15, -0.1) is 0 Å². The lowest BCUT2D eigenvalue weighted by atomic mass is 10.1. The highest BCUT2D eigenvalue weighted by Crippen LogP contribution is 1.97. The monoisotopic (exact) mass is 175 g/mol. The Morgan fingerprint density at radius 1 is 1.25 bits per heavy atom. The topological polar surface area (TPSA) is 32.3 Å². The van der Waals surface area contributed by atoms with Crippen molar-refractivity contribution in [2.24, 2.45) is 0 Å². The quantitative estimate of drug-likeness (QED) is 0.686. The van der Waals surface area contributed by atoms with Gasteiger partial charge in [0, 0.05) is 12.1 Å². The van der Waals surface area contributed by atoms with Gasteiger partial charge in [-0.1, -0.05) is 19.8 Å².